The van der Waals surface area contributed by atoms with E-state index in [4.69, 9.17) is 16.6 Å². The molecule has 162 valence electrons. The molecule has 0 heterocycles. The minimum atomic E-state index is -0.0726. The third-order valence-corrected chi connectivity index (χ3v) is 5.02. The van der Waals surface area contributed by atoms with Gasteiger partial charge in [0.15, 0.2) is 5.96 Å². The first-order valence-corrected chi connectivity index (χ1v) is 10.6. The number of hydrogen-bond donors (Lipinski definition) is 3. The Kier molecular flexibility index (Phi) is 9.64. The lowest BCUT2D eigenvalue weighted by Gasteiger charge is -2.24. The molecule has 30 heavy (non-hydrogen) atoms. The summed E-state index contributed by atoms with van der Waals surface area (Å²) < 4.78 is 0. The molecule has 1 atom stereocenters. The normalized spacial score (nSPS) is 12.5. The molecule has 0 aliphatic carbocycles. The number of likely N-dealkylation sites (N-methyl/N-ethyl adjacent to an activating group) is 1. The van der Waals surface area contributed by atoms with Crippen molar-refractivity contribution in [3.05, 3.63) is 70.2 Å². The lowest BCUT2D eigenvalue weighted by molar-refractivity contribution is 0.0963. The maximum atomic E-state index is 11.8. The van der Waals surface area contributed by atoms with Crippen molar-refractivity contribution in [3.63, 3.8) is 0 Å². The van der Waals surface area contributed by atoms with Gasteiger partial charge in [0, 0.05) is 30.7 Å². The molecule has 0 fully saturated rings. The van der Waals surface area contributed by atoms with Crippen LogP contribution in [0.3, 0.4) is 0 Å². The number of benzene rings is 2. The first-order chi connectivity index (χ1) is 14.4. The number of carbonyl (C=O) groups excluding carboxylic acids is 1. The molecule has 3 N–H and O–H groups in total. The van der Waals surface area contributed by atoms with Gasteiger partial charge in [-0.1, -0.05) is 35.9 Å². The molecule has 0 aliphatic rings. The van der Waals surface area contributed by atoms with Gasteiger partial charge in [-0.2, -0.15) is 0 Å². The Bertz CT molecular complexity index is 836. The summed E-state index contributed by atoms with van der Waals surface area (Å²) in [4.78, 5) is 18.7. The van der Waals surface area contributed by atoms with Crippen LogP contribution < -0.4 is 16.0 Å². The average molecular weight is 430 g/mol. The van der Waals surface area contributed by atoms with Crippen molar-refractivity contribution in [2.24, 2.45) is 4.99 Å². The Hall–Kier alpha value is -2.57. The van der Waals surface area contributed by atoms with Crippen LogP contribution in [0.15, 0.2) is 53.5 Å². The van der Waals surface area contributed by atoms with Crippen LogP contribution in [0.1, 0.15) is 34.5 Å². The van der Waals surface area contributed by atoms with Crippen LogP contribution in [-0.2, 0) is 6.42 Å². The molecule has 1 unspecified atom stereocenters. The van der Waals surface area contributed by atoms with E-state index in [2.05, 4.69) is 34.9 Å². The van der Waals surface area contributed by atoms with Crippen molar-refractivity contribution in [1.29, 1.82) is 0 Å². The molecule has 2 rings (SSSR count). The fourth-order valence-corrected chi connectivity index (χ4v) is 3.23. The van der Waals surface area contributed by atoms with Gasteiger partial charge in [-0.25, -0.2) is 0 Å². The van der Waals surface area contributed by atoms with Gasteiger partial charge < -0.3 is 20.9 Å². The van der Waals surface area contributed by atoms with Crippen molar-refractivity contribution in [2.75, 3.05) is 40.8 Å². The van der Waals surface area contributed by atoms with E-state index in [9.17, 15) is 4.79 Å². The predicted molar refractivity (Wildman–Crippen MR) is 125 cm³/mol. The molecule has 0 radical (unpaired) electrons. The summed E-state index contributed by atoms with van der Waals surface area (Å²) in [6.07, 6.45) is 0.795. The Morgan fingerprint density at radius 2 is 1.87 bits per heavy atom. The second-order valence-electron chi connectivity index (χ2n) is 7.21. The number of guanidine groups is 1. The fourth-order valence-electron chi connectivity index (χ4n) is 3.11. The van der Waals surface area contributed by atoms with E-state index >= 15 is 0 Å². The standard InChI is InChI=1S/C23H32ClN5O/c1-5-26-23(27-14-13-17-7-6-8-19(15-17)22(30)25-2)28-16-21(29(3)4)18-9-11-20(24)12-10-18/h6-12,15,21H,5,13-14,16H2,1-4H3,(H,25,30)(H2,26,27,28). The Morgan fingerprint density at radius 1 is 1.13 bits per heavy atom. The number of halogens is 1. The van der Waals surface area contributed by atoms with Crippen molar-refractivity contribution in [2.45, 2.75) is 19.4 Å². The summed E-state index contributed by atoms with van der Waals surface area (Å²) in [6, 6.07) is 15.7. The molecule has 2 aromatic carbocycles. The van der Waals surface area contributed by atoms with Crippen LogP contribution >= 0.6 is 11.6 Å². The van der Waals surface area contributed by atoms with Crippen LogP contribution in [0.25, 0.3) is 0 Å². The molecule has 0 aliphatic heterocycles. The highest BCUT2D eigenvalue weighted by atomic mass is 35.5. The minimum Gasteiger partial charge on any atom is -0.357 e. The lowest BCUT2D eigenvalue weighted by Crippen LogP contribution is -2.39. The van der Waals surface area contributed by atoms with Crippen LogP contribution in [0, 0.1) is 0 Å². The maximum absolute atomic E-state index is 11.8. The summed E-state index contributed by atoms with van der Waals surface area (Å²) in [5.74, 6) is 0.706. The molecule has 0 saturated heterocycles. The highest BCUT2D eigenvalue weighted by molar-refractivity contribution is 6.30. The molecule has 0 aromatic heterocycles. The topological polar surface area (TPSA) is 68.8 Å². The van der Waals surface area contributed by atoms with Crippen molar-refractivity contribution >= 4 is 23.5 Å². The number of nitrogens with zero attached hydrogens (tertiary/aromatic N) is 2. The first kappa shape index (κ1) is 23.7. The van der Waals surface area contributed by atoms with E-state index in [1.165, 1.54) is 5.56 Å². The quantitative estimate of drug-likeness (QED) is 0.423. The van der Waals surface area contributed by atoms with Crippen LogP contribution in [0.5, 0.6) is 0 Å². The maximum Gasteiger partial charge on any atom is 0.251 e. The van der Waals surface area contributed by atoms with Gasteiger partial charge in [-0.3, -0.25) is 9.79 Å². The average Bonchev–Trinajstić information content (AvgIpc) is 2.74. The monoisotopic (exact) mass is 429 g/mol. The smallest absolute Gasteiger partial charge is 0.251 e. The SMILES string of the molecule is CCNC(=NCC(c1ccc(Cl)cc1)N(C)C)NCCc1cccc(C(=O)NC)c1. The molecule has 0 spiro atoms. The number of rotatable bonds is 9. The Morgan fingerprint density at radius 3 is 2.50 bits per heavy atom. The van der Waals surface area contributed by atoms with Gasteiger partial charge in [0.1, 0.15) is 0 Å². The van der Waals surface area contributed by atoms with Crippen molar-refractivity contribution in [3.8, 4) is 0 Å². The lowest BCUT2D eigenvalue weighted by atomic mass is 10.1. The van der Waals surface area contributed by atoms with Gasteiger partial charge in [0.25, 0.3) is 5.91 Å². The summed E-state index contributed by atoms with van der Waals surface area (Å²) in [7, 11) is 5.74. The third kappa shape index (κ3) is 7.35. The molecular weight excluding hydrogens is 398 g/mol. The van der Waals surface area contributed by atoms with Crippen molar-refractivity contribution < 1.29 is 4.79 Å². The highest BCUT2D eigenvalue weighted by Crippen LogP contribution is 2.20. The second kappa shape index (κ2) is 12.2. The fraction of sp³-hybridized carbons (Fsp3) is 0.391. The predicted octanol–water partition coefficient (Wildman–Crippen LogP) is 3.10. The van der Waals surface area contributed by atoms with Gasteiger partial charge in [0.2, 0.25) is 0 Å². The largest absolute Gasteiger partial charge is 0.357 e. The molecule has 0 saturated carbocycles. The van der Waals surface area contributed by atoms with Crippen LogP contribution in [0.2, 0.25) is 5.02 Å². The zero-order chi connectivity index (χ0) is 21.9. The number of aliphatic imine (C=N–C) groups is 1. The number of carbonyl (C=O) groups is 1. The summed E-state index contributed by atoms with van der Waals surface area (Å²) in [6.45, 7) is 4.17. The Balaban J connectivity index is 1.99. The molecule has 6 nitrogen and oxygen atoms in total. The summed E-state index contributed by atoms with van der Waals surface area (Å²) in [5, 5.41) is 10.1. The van der Waals surface area contributed by atoms with E-state index in [1.807, 2.05) is 55.5 Å². The first-order valence-electron chi connectivity index (χ1n) is 10.2. The second-order valence-corrected chi connectivity index (χ2v) is 7.64. The molecule has 2 aromatic rings. The minimum absolute atomic E-state index is 0.0726. The molecule has 1 amide bonds. The molecular formula is C23H32ClN5O. The van der Waals surface area contributed by atoms with Gasteiger partial charge in [-0.05, 0) is 62.8 Å². The van der Waals surface area contributed by atoms with E-state index in [1.54, 1.807) is 7.05 Å². The molecule has 0 bridgehead atoms. The van der Waals surface area contributed by atoms with E-state index in [0.717, 1.165) is 36.1 Å². The number of nitrogens with one attached hydrogen (secondary N) is 3. The number of hydrogen-bond acceptors (Lipinski definition) is 3. The zero-order valence-electron chi connectivity index (χ0n) is 18.2. The summed E-state index contributed by atoms with van der Waals surface area (Å²) >= 11 is 6.02. The van der Waals surface area contributed by atoms with Crippen LogP contribution in [0.4, 0.5) is 0 Å². The highest BCUT2D eigenvalue weighted by Gasteiger charge is 2.14. The van der Waals surface area contributed by atoms with Gasteiger partial charge in [0.05, 0.1) is 12.6 Å². The van der Waals surface area contributed by atoms with Gasteiger partial charge >= 0.3 is 0 Å². The number of amides is 1. The van der Waals surface area contributed by atoms with Gasteiger partial charge in [-0.15, -0.1) is 0 Å². The summed E-state index contributed by atoms with van der Waals surface area (Å²) in [5.41, 5.74) is 2.95. The van der Waals surface area contributed by atoms with E-state index < -0.39 is 0 Å². The molecule has 7 heteroatoms. The Labute approximate surface area is 184 Å². The zero-order valence-corrected chi connectivity index (χ0v) is 19.0. The van der Waals surface area contributed by atoms with Crippen LogP contribution in [-0.4, -0.2) is 57.5 Å². The third-order valence-electron chi connectivity index (χ3n) is 4.77. The van der Waals surface area contributed by atoms with Crippen molar-refractivity contribution in [1.82, 2.24) is 20.9 Å². The van der Waals surface area contributed by atoms with E-state index in [0.29, 0.717) is 12.1 Å². The van der Waals surface area contributed by atoms with E-state index in [-0.39, 0.29) is 11.9 Å².